The first-order valence-corrected chi connectivity index (χ1v) is 7.81. The molecule has 1 aliphatic carbocycles. The van der Waals surface area contributed by atoms with Crippen molar-refractivity contribution in [2.45, 2.75) is 32.7 Å². The molecule has 3 atom stereocenters. The molecule has 1 saturated carbocycles. The Morgan fingerprint density at radius 2 is 2.09 bits per heavy atom. The second-order valence-electron chi connectivity index (χ2n) is 5.78. The highest BCUT2D eigenvalue weighted by Crippen LogP contribution is 2.39. The molecule has 1 aromatic carbocycles. The molecular formula is C17H23NO5. The Morgan fingerprint density at radius 3 is 2.65 bits per heavy atom. The van der Waals surface area contributed by atoms with Crippen LogP contribution in [0.2, 0.25) is 0 Å². The zero-order valence-electron chi connectivity index (χ0n) is 13.7. The molecule has 1 aromatic rings. The van der Waals surface area contributed by atoms with Gasteiger partial charge in [-0.2, -0.15) is 0 Å². The standard InChI is InChI=1S/C17H23NO5/c1-4-7-23-14-6-5-11(8-15(14)22-3)10(2)18-16(19)12-9-13(12)17(20)21/h5-6,8,10,12-13H,4,7,9H2,1-3H3,(H,18,19)(H,20,21). The van der Waals surface area contributed by atoms with Crippen LogP contribution in [0, 0.1) is 11.8 Å². The van der Waals surface area contributed by atoms with Crippen molar-refractivity contribution in [2.75, 3.05) is 13.7 Å². The Labute approximate surface area is 135 Å². The molecule has 0 aromatic heterocycles. The van der Waals surface area contributed by atoms with Gasteiger partial charge in [-0.05, 0) is 37.5 Å². The van der Waals surface area contributed by atoms with Crippen LogP contribution in [0.25, 0.3) is 0 Å². The van der Waals surface area contributed by atoms with Crippen LogP contribution in [0.4, 0.5) is 0 Å². The van der Waals surface area contributed by atoms with Crippen LogP contribution < -0.4 is 14.8 Å². The summed E-state index contributed by atoms with van der Waals surface area (Å²) in [5, 5.41) is 11.7. The molecule has 0 aliphatic heterocycles. The average Bonchev–Trinajstić information content (AvgIpc) is 3.33. The Balaban J connectivity index is 2.00. The summed E-state index contributed by atoms with van der Waals surface area (Å²) in [6.07, 6.45) is 1.32. The number of benzene rings is 1. The van der Waals surface area contributed by atoms with E-state index in [1.807, 2.05) is 32.0 Å². The SMILES string of the molecule is CCCOc1ccc(C(C)NC(=O)C2CC2C(=O)O)cc1OC. The zero-order chi connectivity index (χ0) is 17.0. The Hall–Kier alpha value is -2.24. The predicted octanol–water partition coefficient (Wildman–Crippen LogP) is 2.38. The van der Waals surface area contributed by atoms with E-state index in [9.17, 15) is 9.59 Å². The molecule has 0 heterocycles. The fraction of sp³-hybridized carbons (Fsp3) is 0.529. The molecule has 126 valence electrons. The van der Waals surface area contributed by atoms with E-state index in [0.717, 1.165) is 12.0 Å². The summed E-state index contributed by atoms with van der Waals surface area (Å²) >= 11 is 0. The van der Waals surface area contributed by atoms with E-state index in [4.69, 9.17) is 14.6 Å². The highest BCUT2D eigenvalue weighted by Gasteiger charge is 2.48. The maximum absolute atomic E-state index is 12.0. The minimum Gasteiger partial charge on any atom is -0.493 e. The summed E-state index contributed by atoms with van der Waals surface area (Å²) in [6.45, 7) is 4.50. The molecule has 1 aliphatic rings. The second-order valence-corrected chi connectivity index (χ2v) is 5.78. The fourth-order valence-corrected chi connectivity index (χ4v) is 2.45. The van der Waals surface area contributed by atoms with Crippen molar-refractivity contribution >= 4 is 11.9 Å². The average molecular weight is 321 g/mol. The molecule has 0 bridgehead atoms. The molecule has 6 nitrogen and oxygen atoms in total. The summed E-state index contributed by atoms with van der Waals surface area (Å²) < 4.78 is 10.9. The van der Waals surface area contributed by atoms with Crippen LogP contribution in [0.15, 0.2) is 18.2 Å². The number of ether oxygens (including phenoxy) is 2. The second kappa shape index (κ2) is 7.35. The minimum atomic E-state index is -0.906. The number of hydrogen-bond acceptors (Lipinski definition) is 4. The third-order valence-corrected chi connectivity index (χ3v) is 3.95. The van der Waals surface area contributed by atoms with E-state index in [-0.39, 0.29) is 11.9 Å². The molecule has 0 saturated heterocycles. The van der Waals surface area contributed by atoms with Crippen LogP contribution >= 0.6 is 0 Å². The molecule has 23 heavy (non-hydrogen) atoms. The van der Waals surface area contributed by atoms with Crippen LogP contribution in [-0.2, 0) is 9.59 Å². The molecule has 1 amide bonds. The molecule has 3 unspecified atom stereocenters. The van der Waals surface area contributed by atoms with Crippen LogP contribution in [0.3, 0.4) is 0 Å². The number of methoxy groups -OCH3 is 1. The first-order valence-electron chi connectivity index (χ1n) is 7.81. The molecule has 0 spiro atoms. The summed E-state index contributed by atoms with van der Waals surface area (Å²) in [5.41, 5.74) is 0.881. The number of carboxylic acid groups (broad SMARTS) is 1. The lowest BCUT2D eigenvalue weighted by molar-refractivity contribution is -0.140. The third-order valence-electron chi connectivity index (χ3n) is 3.95. The summed E-state index contributed by atoms with van der Waals surface area (Å²) in [6, 6.07) is 5.30. The lowest BCUT2D eigenvalue weighted by atomic mass is 10.1. The summed E-state index contributed by atoms with van der Waals surface area (Å²) in [5.74, 6) is -0.783. The molecular weight excluding hydrogens is 298 g/mol. The van der Waals surface area contributed by atoms with Gasteiger partial charge in [0.1, 0.15) is 0 Å². The van der Waals surface area contributed by atoms with Crippen molar-refractivity contribution in [1.29, 1.82) is 0 Å². The number of aliphatic carboxylic acids is 1. The van der Waals surface area contributed by atoms with E-state index < -0.39 is 17.8 Å². The Kier molecular flexibility index (Phi) is 5.47. The van der Waals surface area contributed by atoms with Crippen molar-refractivity contribution in [2.24, 2.45) is 11.8 Å². The van der Waals surface area contributed by atoms with Crippen LogP contribution in [0.1, 0.15) is 38.3 Å². The maximum atomic E-state index is 12.0. The summed E-state index contributed by atoms with van der Waals surface area (Å²) in [4.78, 5) is 22.9. The number of nitrogens with one attached hydrogen (secondary N) is 1. The maximum Gasteiger partial charge on any atom is 0.307 e. The van der Waals surface area contributed by atoms with Gasteiger partial charge < -0.3 is 19.9 Å². The zero-order valence-corrected chi connectivity index (χ0v) is 13.7. The molecule has 6 heteroatoms. The van der Waals surface area contributed by atoms with Gasteiger partial charge in [-0.1, -0.05) is 13.0 Å². The molecule has 2 N–H and O–H groups in total. The first-order chi connectivity index (χ1) is 11.0. The van der Waals surface area contributed by atoms with Crippen LogP contribution in [-0.4, -0.2) is 30.7 Å². The highest BCUT2D eigenvalue weighted by atomic mass is 16.5. The van der Waals surface area contributed by atoms with Gasteiger partial charge in [0.2, 0.25) is 5.91 Å². The van der Waals surface area contributed by atoms with Crippen molar-refractivity contribution in [3.8, 4) is 11.5 Å². The van der Waals surface area contributed by atoms with Gasteiger partial charge in [0, 0.05) is 0 Å². The minimum absolute atomic E-state index is 0.213. The van der Waals surface area contributed by atoms with Gasteiger partial charge in [-0.3, -0.25) is 9.59 Å². The number of carbonyl (C=O) groups excluding carboxylic acids is 1. The van der Waals surface area contributed by atoms with Crippen LogP contribution in [0.5, 0.6) is 11.5 Å². The Morgan fingerprint density at radius 1 is 1.35 bits per heavy atom. The lowest BCUT2D eigenvalue weighted by Crippen LogP contribution is -2.29. The number of rotatable bonds is 8. The predicted molar refractivity (Wildman–Crippen MR) is 84.6 cm³/mol. The normalized spacial score (nSPS) is 20.5. The van der Waals surface area contributed by atoms with Crippen molar-refractivity contribution < 1.29 is 24.2 Å². The highest BCUT2D eigenvalue weighted by molar-refractivity contribution is 5.89. The quantitative estimate of drug-likeness (QED) is 0.768. The van der Waals surface area contributed by atoms with Gasteiger partial charge in [0.25, 0.3) is 0 Å². The molecule has 2 rings (SSSR count). The monoisotopic (exact) mass is 321 g/mol. The fourth-order valence-electron chi connectivity index (χ4n) is 2.45. The molecule has 0 radical (unpaired) electrons. The third kappa shape index (κ3) is 4.15. The number of carbonyl (C=O) groups is 2. The number of amides is 1. The number of hydrogen-bond donors (Lipinski definition) is 2. The topological polar surface area (TPSA) is 84.9 Å². The number of carboxylic acids is 1. The lowest BCUT2D eigenvalue weighted by Gasteiger charge is -2.17. The van der Waals surface area contributed by atoms with Gasteiger partial charge in [-0.25, -0.2) is 0 Å². The molecule has 1 fully saturated rings. The van der Waals surface area contributed by atoms with Gasteiger partial charge in [-0.15, -0.1) is 0 Å². The van der Waals surface area contributed by atoms with Gasteiger partial charge >= 0.3 is 5.97 Å². The van der Waals surface area contributed by atoms with Gasteiger partial charge in [0.15, 0.2) is 11.5 Å². The smallest absolute Gasteiger partial charge is 0.307 e. The van der Waals surface area contributed by atoms with E-state index >= 15 is 0 Å². The Bertz CT molecular complexity index is 586. The van der Waals surface area contributed by atoms with E-state index in [0.29, 0.717) is 24.5 Å². The van der Waals surface area contributed by atoms with Gasteiger partial charge in [0.05, 0.1) is 31.6 Å². The van der Waals surface area contributed by atoms with E-state index in [1.54, 1.807) is 7.11 Å². The van der Waals surface area contributed by atoms with Crippen molar-refractivity contribution in [1.82, 2.24) is 5.32 Å². The van der Waals surface area contributed by atoms with Crippen molar-refractivity contribution in [3.63, 3.8) is 0 Å². The first kappa shape index (κ1) is 17.1. The van der Waals surface area contributed by atoms with E-state index in [1.165, 1.54) is 0 Å². The van der Waals surface area contributed by atoms with E-state index in [2.05, 4.69) is 5.32 Å². The summed E-state index contributed by atoms with van der Waals surface area (Å²) in [7, 11) is 1.57. The van der Waals surface area contributed by atoms with Crippen molar-refractivity contribution in [3.05, 3.63) is 23.8 Å². The largest absolute Gasteiger partial charge is 0.493 e.